The van der Waals surface area contributed by atoms with Gasteiger partial charge in [0.25, 0.3) is 0 Å². The minimum absolute atomic E-state index is 0.209. The van der Waals surface area contributed by atoms with E-state index in [1.54, 1.807) is 0 Å². The summed E-state index contributed by atoms with van der Waals surface area (Å²) in [6.07, 6.45) is 11.1. The largest absolute Gasteiger partial charge is 0.480 e. The van der Waals surface area contributed by atoms with Gasteiger partial charge in [-0.1, -0.05) is 32.1 Å². The number of hydrogen-bond acceptors (Lipinski definition) is 2. The molecule has 1 saturated heterocycles. The summed E-state index contributed by atoms with van der Waals surface area (Å²) in [5.41, 5.74) is 0. The molecule has 0 spiro atoms. The number of carboxylic acids is 1. The molecule has 1 aliphatic carbocycles. The highest BCUT2D eigenvalue weighted by atomic mass is 16.4. The van der Waals surface area contributed by atoms with Crippen molar-refractivity contribution in [3.8, 4) is 0 Å². The van der Waals surface area contributed by atoms with E-state index in [2.05, 4.69) is 4.90 Å². The Hall–Kier alpha value is -0.570. The van der Waals surface area contributed by atoms with Crippen LogP contribution in [0.5, 0.6) is 0 Å². The van der Waals surface area contributed by atoms with Crippen molar-refractivity contribution < 1.29 is 9.90 Å². The Kier molecular flexibility index (Phi) is 4.84. The summed E-state index contributed by atoms with van der Waals surface area (Å²) in [6, 6.07) is -0.209. The van der Waals surface area contributed by atoms with Crippen molar-refractivity contribution in [3.63, 3.8) is 0 Å². The predicted molar refractivity (Wildman–Crippen MR) is 68.0 cm³/mol. The standard InChI is InChI=1S/C14H25NO2/c16-14(17)13(15-10-4-5-11-15)9-8-12-6-2-1-3-7-12/h12-13H,1-11H2,(H,16,17). The van der Waals surface area contributed by atoms with E-state index in [0.717, 1.165) is 31.8 Å². The number of aliphatic carboxylic acids is 1. The number of likely N-dealkylation sites (tertiary alicyclic amines) is 1. The van der Waals surface area contributed by atoms with Crippen molar-refractivity contribution in [2.45, 2.75) is 63.8 Å². The SMILES string of the molecule is O=C(O)C(CCC1CCCCC1)N1CCCC1. The van der Waals surface area contributed by atoms with Gasteiger partial charge in [-0.2, -0.15) is 0 Å². The van der Waals surface area contributed by atoms with Gasteiger partial charge in [0.15, 0.2) is 0 Å². The van der Waals surface area contributed by atoms with Gasteiger partial charge in [-0.15, -0.1) is 0 Å². The molecule has 0 aromatic rings. The Bertz CT molecular complexity index is 243. The molecule has 1 aliphatic heterocycles. The maximum atomic E-state index is 11.3. The van der Waals surface area contributed by atoms with Gasteiger partial charge in [0, 0.05) is 0 Å². The Balaban J connectivity index is 1.78. The molecule has 0 amide bonds. The lowest BCUT2D eigenvalue weighted by molar-refractivity contribution is -0.143. The molecule has 1 unspecified atom stereocenters. The molecule has 0 aromatic heterocycles. The summed E-state index contributed by atoms with van der Waals surface area (Å²) < 4.78 is 0. The molecule has 1 heterocycles. The summed E-state index contributed by atoms with van der Waals surface area (Å²) >= 11 is 0. The van der Waals surface area contributed by atoms with Gasteiger partial charge in [-0.25, -0.2) is 0 Å². The van der Waals surface area contributed by atoms with Gasteiger partial charge in [0.2, 0.25) is 0 Å². The Morgan fingerprint density at radius 1 is 1.12 bits per heavy atom. The maximum absolute atomic E-state index is 11.3. The second-order valence-electron chi connectivity index (χ2n) is 5.68. The first-order valence-corrected chi connectivity index (χ1v) is 7.24. The van der Waals surface area contributed by atoms with Crippen LogP contribution in [0.4, 0.5) is 0 Å². The third kappa shape index (κ3) is 3.70. The monoisotopic (exact) mass is 239 g/mol. The molecule has 0 aromatic carbocycles. The summed E-state index contributed by atoms with van der Waals surface area (Å²) in [5.74, 6) is 0.191. The molecule has 1 N–H and O–H groups in total. The Labute approximate surface area is 104 Å². The summed E-state index contributed by atoms with van der Waals surface area (Å²) in [6.45, 7) is 1.98. The minimum Gasteiger partial charge on any atom is -0.480 e. The van der Waals surface area contributed by atoms with Crippen LogP contribution in [0.3, 0.4) is 0 Å². The van der Waals surface area contributed by atoms with E-state index in [9.17, 15) is 9.90 Å². The first-order valence-electron chi connectivity index (χ1n) is 7.24. The average Bonchev–Trinajstić information content (AvgIpc) is 2.84. The van der Waals surface area contributed by atoms with Gasteiger partial charge < -0.3 is 5.11 Å². The van der Waals surface area contributed by atoms with Crippen LogP contribution >= 0.6 is 0 Å². The van der Waals surface area contributed by atoms with E-state index in [1.807, 2.05) is 0 Å². The number of carboxylic acid groups (broad SMARTS) is 1. The van der Waals surface area contributed by atoms with Gasteiger partial charge >= 0.3 is 5.97 Å². The van der Waals surface area contributed by atoms with Crippen molar-refractivity contribution in [3.05, 3.63) is 0 Å². The Morgan fingerprint density at radius 3 is 2.35 bits per heavy atom. The molecular weight excluding hydrogens is 214 g/mol. The van der Waals surface area contributed by atoms with Crippen LogP contribution in [-0.4, -0.2) is 35.1 Å². The van der Waals surface area contributed by atoms with Crippen molar-refractivity contribution in [2.75, 3.05) is 13.1 Å². The van der Waals surface area contributed by atoms with Gasteiger partial charge in [0.1, 0.15) is 6.04 Å². The second kappa shape index (κ2) is 6.39. The Morgan fingerprint density at radius 2 is 1.76 bits per heavy atom. The first-order chi connectivity index (χ1) is 8.27. The van der Waals surface area contributed by atoms with Crippen LogP contribution in [0.2, 0.25) is 0 Å². The average molecular weight is 239 g/mol. The third-order valence-corrected chi connectivity index (χ3v) is 4.44. The molecule has 2 aliphatic rings. The van der Waals surface area contributed by atoms with Crippen LogP contribution in [0, 0.1) is 5.92 Å². The van der Waals surface area contributed by atoms with Crippen LogP contribution in [-0.2, 0) is 4.79 Å². The number of hydrogen-bond donors (Lipinski definition) is 1. The highest BCUT2D eigenvalue weighted by Gasteiger charge is 2.28. The fraction of sp³-hybridized carbons (Fsp3) is 0.929. The van der Waals surface area contributed by atoms with Gasteiger partial charge in [0.05, 0.1) is 0 Å². The lowest BCUT2D eigenvalue weighted by atomic mass is 9.85. The van der Waals surface area contributed by atoms with Crippen molar-refractivity contribution in [1.82, 2.24) is 4.90 Å². The van der Waals surface area contributed by atoms with Crippen molar-refractivity contribution >= 4 is 5.97 Å². The first kappa shape index (κ1) is 12.9. The molecule has 98 valence electrons. The summed E-state index contributed by atoms with van der Waals surface area (Å²) in [4.78, 5) is 13.5. The molecule has 2 fully saturated rings. The normalized spacial score (nSPS) is 24.9. The zero-order chi connectivity index (χ0) is 12.1. The van der Waals surface area contributed by atoms with Crippen molar-refractivity contribution in [2.24, 2.45) is 5.92 Å². The molecular formula is C14H25NO2. The van der Waals surface area contributed by atoms with Gasteiger partial charge in [-0.3, -0.25) is 9.69 Å². The number of nitrogens with zero attached hydrogens (tertiary/aromatic N) is 1. The zero-order valence-corrected chi connectivity index (χ0v) is 10.7. The highest BCUT2D eigenvalue weighted by Crippen LogP contribution is 2.29. The molecule has 2 rings (SSSR count). The lowest BCUT2D eigenvalue weighted by Crippen LogP contribution is -2.39. The third-order valence-electron chi connectivity index (χ3n) is 4.44. The molecule has 1 atom stereocenters. The van der Waals surface area contributed by atoms with Gasteiger partial charge in [-0.05, 0) is 44.7 Å². The molecule has 17 heavy (non-hydrogen) atoms. The minimum atomic E-state index is -0.609. The van der Waals surface area contributed by atoms with E-state index in [1.165, 1.54) is 44.9 Å². The molecule has 3 heteroatoms. The zero-order valence-electron chi connectivity index (χ0n) is 10.7. The molecule has 0 radical (unpaired) electrons. The summed E-state index contributed by atoms with van der Waals surface area (Å²) in [7, 11) is 0. The maximum Gasteiger partial charge on any atom is 0.320 e. The second-order valence-corrected chi connectivity index (χ2v) is 5.68. The van der Waals surface area contributed by atoms with E-state index < -0.39 is 5.97 Å². The van der Waals surface area contributed by atoms with E-state index in [-0.39, 0.29) is 6.04 Å². The fourth-order valence-corrected chi connectivity index (χ4v) is 3.38. The number of rotatable bonds is 5. The van der Waals surface area contributed by atoms with Crippen LogP contribution in [0.1, 0.15) is 57.8 Å². The molecule has 3 nitrogen and oxygen atoms in total. The van der Waals surface area contributed by atoms with E-state index in [4.69, 9.17) is 0 Å². The highest BCUT2D eigenvalue weighted by molar-refractivity contribution is 5.73. The topological polar surface area (TPSA) is 40.5 Å². The van der Waals surface area contributed by atoms with E-state index in [0.29, 0.717) is 0 Å². The predicted octanol–water partition coefficient (Wildman–Crippen LogP) is 2.90. The molecule has 1 saturated carbocycles. The number of carbonyl (C=O) groups is 1. The van der Waals surface area contributed by atoms with Crippen LogP contribution in [0.25, 0.3) is 0 Å². The van der Waals surface area contributed by atoms with Crippen LogP contribution in [0.15, 0.2) is 0 Å². The quantitative estimate of drug-likeness (QED) is 0.802. The molecule has 0 bridgehead atoms. The summed E-state index contributed by atoms with van der Waals surface area (Å²) in [5, 5.41) is 9.32. The van der Waals surface area contributed by atoms with Crippen LogP contribution < -0.4 is 0 Å². The smallest absolute Gasteiger partial charge is 0.320 e. The lowest BCUT2D eigenvalue weighted by Gasteiger charge is -2.27. The van der Waals surface area contributed by atoms with E-state index >= 15 is 0 Å². The fourth-order valence-electron chi connectivity index (χ4n) is 3.38. The van der Waals surface area contributed by atoms with Crippen molar-refractivity contribution in [1.29, 1.82) is 0 Å².